The minimum absolute atomic E-state index is 0.124. The van der Waals surface area contributed by atoms with Gasteiger partial charge in [0.2, 0.25) is 0 Å². The van der Waals surface area contributed by atoms with Gasteiger partial charge in [0.25, 0.3) is 0 Å². The maximum absolute atomic E-state index is 13.6. The Hall–Kier alpha value is -0.640. The molecule has 1 aromatic rings. The maximum Gasteiger partial charge on any atom is 0.129 e. The Morgan fingerprint density at radius 1 is 1.47 bits per heavy atom. The van der Waals surface area contributed by atoms with Crippen molar-refractivity contribution in [3.05, 3.63) is 34.6 Å². The molecule has 0 aliphatic heterocycles. The lowest BCUT2D eigenvalue weighted by Crippen LogP contribution is -2.36. The van der Waals surface area contributed by atoms with Crippen molar-refractivity contribution >= 4 is 11.6 Å². The van der Waals surface area contributed by atoms with Gasteiger partial charge in [-0.3, -0.25) is 0 Å². The summed E-state index contributed by atoms with van der Waals surface area (Å²) < 4.78 is 13.6. The first-order chi connectivity index (χ1) is 8.04. The van der Waals surface area contributed by atoms with Crippen LogP contribution in [-0.2, 0) is 6.54 Å². The van der Waals surface area contributed by atoms with Gasteiger partial charge >= 0.3 is 0 Å². The summed E-state index contributed by atoms with van der Waals surface area (Å²) in [6.07, 6.45) is 1.61. The zero-order valence-corrected chi connectivity index (χ0v) is 10.6. The van der Waals surface area contributed by atoms with E-state index in [4.69, 9.17) is 11.6 Å². The molecule has 0 aromatic heterocycles. The van der Waals surface area contributed by atoms with Crippen LogP contribution in [0.4, 0.5) is 4.39 Å². The van der Waals surface area contributed by atoms with E-state index >= 15 is 0 Å². The molecule has 0 radical (unpaired) electrons. The molecule has 4 heteroatoms. The van der Waals surface area contributed by atoms with Gasteiger partial charge in [-0.25, -0.2) is 4.39 Å². The summed E-state index contributed by atoms with van der Waals surface area (Å²) in [5.41, 5.74) is 0.664. The van der Waals surface area contributed by atoms with Gasteiger partial charge < -0.3 is 10.0 Å². The normalized spacial score (nSPS) is 23.8. The first kappa shape index (κ1) is 12.8. The third-order valence-corrected chi connectivity index (χ3v) is 3.47. The quantitative estimate of drug-likeness (QED) is 0.897. The third kappa shape index (κ3) is 3.41. The molecule has 0 saturated heterocycles. The molecule has 0 bridgehead atoms. The first-order valence-corrected chi connectivity index (χ1v) is 6.23. The van der Waals surface area contributed by atoms with Crippen LogP contribution in [0.15, 0.2) is 18.2 Å². The molecule has 1 fully saturated rings. The second kappa shape index (κ2) is 5.34. The van der Waals surface area contributed by atoms with E-state index in [9.17, 15) is 9.50 Å². The van der Waals surface area contributed by atoms with Crippen LogP contribution >= 0.6 is 11.6 Å². The van der Waals surface area contributed by atoms with E-state index in [2.05, 4.69) is 4.90 Å². The van der Waals surface area contributed by atoms with E-state index in [1.165, 1.54) is 6.07 Å². The number of halogens is 2. The summed E-state index contributed by atoms with van der Waals surface area (Å²) in [7, 11) is 1.97. The monoisotopic (exact) mass is 257 g/mol. The highest BCUT2D eigenvalue weighted by molar-refractivity contribution is 6.30. The van der Waals surface area contributed by atoms with Crippen molar-refractivity contribution in [2.24, 2.45) is 5.92 Å². The number of hydrogen-bond acceptors (Lipinski definition) is 2. The highest BCUT2D eigenvalue weighted by Gasteiger charge is 2.27. The van der Waals surface area contributed by atoms with Crippen molar-refractivity contribution < 1.29 is 9.50 Å². The SMILES string of the molecule is CN(Cc1ccc(Cl)cc1F)CC1CC(O)C1. The van der Waals surface area contributed by atoms with E-state index in [0.29, 0.717) is 23.0 Å². The van der Waals surface area contributed by atoms with E-state index < -0.39 is 0 Å². The van der Waals surface area contributed by atoms with Crippen LogP contribution in [0, 0.1) is 11.7 Å². The lowest BCUT2D eigenvalue weighted by Gasteiger charge is -2.34. The van der Waals surface area contributed by atoms with Crippen molar-refractivity contribution in [1.29, 1.82) is 0 Å². The fraction of sp³-hybridized carbons (Fsp3) is 0.538. The molecule has 1 aliphatic carbocycles. The molecule has 0 atom stereocenters. The lowest BCUT2D eigenvalue weighted by molar-refractivity contribution is 0.0272. The topological polar surface area (TPSA) is 23.5 Å². The summed E-state index contributed by atoms with van der Waals surface area (Å²) in [5.74, 6) is 0.295. The van der Waals surface area contributed by atoms with Gasteiger partial charge in [-0.2, -0.15) is 0 Å². The minimum atomic E-state index is -0.252. The predicted molar refractivity (Wildman–Crippen MR) is 66.5 cm³/mol. The minimum Gasteiger partial charge on any atom is -0.393 e. The molecule has 2 rings (SSSR count). The highest BCUT2D eigenvalue weighted by Crippen LogP contribution is 2.28. The molecule has 2 nitrogen and oxygen atoms in total. The molecular weight excluding hydrogens is 241 g/mol. The van der Waals surface area contributed by atoms with Crippen molar-refractivity contribution in [1.82, 2.24) is 4.90 Å². The van der Waals surface area contributed by atoms with E-state index in [1.807, 2.05) is 7.05 Å². The number of aliphatic hydroxyl groups excluding tert-OH is 1. The Labute approximate surface area is 106 Å². The fourth-order valence-corrected chi connectivity index (χ4v) is 2.45. The average Bonchev–Trinajstić information content (AvgIpc) is 2.20. The smallest absolute Gasteiger partial charge is 0.129 e. The molecule has 1 saturated carbocycles. The van der Waals surface area contributed by atoms with Gasteiger partial charge in [0.1, 0.15) is 5.82 Å². The molecular formula is C13H17ClFNO. The Kier molecular flexibility index (Phi) is 4.02. The van der Waals surface area contributed by atoms with E-state index in [-0.39, 0.29) is 11.9 Å². The Balaban J connectivity index is 1.87. The zero-order chi connectivity index (χ0) is 12.4. The third-order valence-electron chi connectivity index (χ3n) is 3.24. The standard InChI is InChI=1S/C13H17ClFNO/c1-16(7-9-4-12(17)5-9)8-10-2-3-11(14)6-13(10)15/h2-3,6,9,12,17H,4-5,7-8H2,1H3. The molecule has 17 heavy (non-hydrogen) atoms. The van der Waals surface area contributed by atoms with Gasteiger partial charge in [-0.1, -0.05) is 17.7 Å². The molecule has 1 N–H and O–H groups in total. The van der Waals surface area contributed by atoms with Gasteiger partial charge in [0.05, 0.1) is 6.10 Å². The molecule has 0 heterocycles. The maximum atomic E-state index is 13.6. The van der Waals surface area contributed by atoms with Crippen LogP contribution in [-0.4, -0.2) is 29.7 Å². The number of nitrogens with zero attached hydrogens (tertiary/aromatic N) is 1. The predicted octanol–water partition coefficient (Wildman–Crippen LogP) is 2.68. The van der Waals surface area contributed by atoms with Crippen LogP contribution in [0.25, 0.3) is 0 Å². The number of aliphatic hydroxyl groups is 1. The van der Waals surface area contributed by atoms with E-state index in [1.54, 1.807) is 12.1 Å². The summed E-state index contributed by atoms with van der Waals surface area (Å²) in [4.78, 5) is 2.09. The fourth-order valence-electron chi connectivity index (χ4n) is 2.30. The zero-order valence-electron chi connectivity index (χ0n) is 9.87. The number of rotatable bonds is 4. The highest BCUT2D eigenvalue weighted by atomic mass is 35.5. The van der Waals surface area contributed by atoms with Crippen LogP contribution in [0.2, 0.25) is 5.02 Å². The molecule has 0 amide bonds. The summed E-state index contributed by atoms with van der Waals surface area (Å²) >= 11 is 5.70. The van der Waals surface area contributed by atoms with Gasteiger partial charge in [-0.05, 0) is 37.9 Å². The largest absolute Gasteiger partial charge is 0.393 e. The lowest BCUT2D eigenvalue weighted by atomic mass is 9.82. The second-order valence-electron chi connectivity index (χ2n) is 4.92. The molecule has 0 spiro atoms. The van der Waals surface area contributed by atoms with Crippen LogP contribution in [0.5, 0.6) is 0 Å². The Morgan fingerprint density at radius 3 is 2.76 bits per heavy atom. The van der Waals surface area contributed by atoms with Crippen LogP contribution in [0.3, 0.4) is 0 Å². The van der Waals surface area contributed by atoms with Crippen LogP contribution in [0.1, 0.15) is 18.4 Å². The molecule has 1 aliphatic rings. The van der Waals surface area contributed by atoms with Crippen molar-refractivity contribution in [3.8, 4) is 0 Å². The molecule has 0 unspecified atom stereocenters. The summed E-state index contributed by atoms with van der Waals surface area (Å²) in [6.45, 7) is 1.48. The average molecular weight is 258 g/mol. The second-order valence-corrected chi connectivity index (χ2v) is 5.36. The van der Waals surface area contributed by atoms with Gasteiger partial charge in [0, 0.05) is 23.7 Å². The van der Waals surface area contributed by atoms with Gasteiger partial charge in [0.15, 0.2) is 0 Å². The van der Waals surface area contributed by atoms with Crippen molar-refractivity contribution in [2.75, 3.05) is 13.6 Å². The number of hydrogen-bond donors (Lipinski definition) is 1. The molecule has 1 aromatic carbocycles. The molecule has 94 valence electrons. The summed E-state index contributed by atoms with van der Waals surface area (Å²) in [5, 5.41) is 9.63. The first-order valence-electron chi connectivity index (χ1n) is 5.85. The van der Waals surface area contributed by atoms with Crippen molar-refractivity contribution in [2.45, 2.75) is 25.5 Å². The van der Waals surface area contributed by atoms with E-state index in [0.717, 1.165) is 19.4 Å². The number of benzene rings is 1. The van der Waals surface area contributed by atoms with Crippen molar-refractivity contribution in [3.63, 3.8) is 0 Å². The Bertz CT molecular complexity index is 393. The van der Waals surface area contributed by atoms with Gasteiger partial charge in [-0.15, -0.1) is 0 Å². The Morgan fingerprint density at radius 2 is 2.18 bits per heavy atom. The van der Waals surface area contributed by atoms with Crippen LogP contribution < -0.4 is 0 Å². The summed E-state index contributed by atoms with van der Waals surface area (Å²) in [6, 6.07) is 4.78.